The largest absolute Gasteiger partial charge is 0.312 e. The Balaban J connectivity index is 1.50. The summed E-state index contributed by atoms with van der Waals surface area (Å²) >= 11 is 0. The van der Waals surface area contributed by atoms with Crippen molar-refractivity contribution in [1.29, 1.82) is 0 Å². The zero-order valence-corrected chi connectivity index (χ0v) is 15.0. The quantitative estimate of drug-likeness (QED) is 0.750. The lowest BCUT2D eigenvalue weighted by Crippen LogP contribution is -2.24. The van der Waals surface area contributed by atoms with Crippen LogP contribution in [-0.4, -0.2) is 23.3 Å². The summed E-state index contributed by atoms with van der Waals surface area (Å²) in [6.45, 7) is 0.582. The fourth-order valence-electron chi connectivity index (χ4n) is 3.35. The van der Waals surface area contributed by atoms with Gasteiger partial charge in [0.05, 0.1) is 0 Å². The molecule has 1 fully saturated rings. The third kappa shape index (κ3) is 3.76. The Labute approximate surface area is 161 Å². The van der Waals surface area contributed by atoms with E-state index in [0.29, 0.717) is 30.0 Å². The van der Waals surface area contributed by atoms with E-state index in [-0.39, 0.29) is 17.7 Å². The molecule has 1 aliphatic heterocycles. The molecule has 4 rings (SSSR count). The molecule has 5 nitrogen and oxygen atoms in total. The van der Waals surface area contributed by atoms with E-state index in [4.69, 9.17) is 0 Å². The molecule has 140 valence electrons. The summed E-state index contributed by atoms with van der Waals surface area (Å²) < 4.78 is 13.0. The van der Waals surface area contributed by atoms with Gasteiger partial charge < -0.3 is 10.2 Å². The van der Waals surface area contributed by atoms with Crippen LogP contribution in [0.5, 0.6) is 0 Å². The zero-order chi connectivity index (χ0) is 19.5. The molecule has 0 aliphatic carbocycles. The first-order valence-electron chi connectivity index (χ1n) is 8.98. The number of benzene rings is 2. The van der Waals surface area contributed by atoms with Gasteiger partial charge in [-0.2, -0.15) is 0 Å². The monoisotopic (exact) mass is 375 g/mol. The molecule has 1 N–H and O–H groups in total. The average molecular weight is 375 g/mol. The molecule has 1 aliphatic rings. The topological polar surface area (TPSA) is 62.3 Å². The minimum absolute atomic E-state index is 0.0378. The highest BCUT2D eigenvalue weighted by Crippen LogP contribution is 2.32. The molecular weight excluding hydrogens is 357 g/mol. The molecule has 1 saturated heterocycles. The zero-order valence-electron chi connectivity index (χ0n) is 15.0. The van der Waals surface area contributed by atoms with E-state index in [1.165, 1.54) is 24.3 Å². The lowest BCUT2D eigenvalue weighted by molar-refractivity contribution is -0.117. The smallest absolute Gasteiger partial charge is 0.256 e. The first-order valence-corrected chi connectivity index (χ1v) is 8.98. The number of hydrogen-bond donors (Lipinski definition) is 1. The van der Waals surface area contributed by atoms with Gasteiger partial charge in [0.2, 0.25) is 5.91 Å². The Morgan fingerprint density at radius 3 is 2.57 bits per heavy atom. The van der Waals surface area contributed by atoms with Crippen molar-refractivity contribution in [3.63, 3.8) is 0 Å². The number of rotatable bonds is 4. The summed E-state index contributed by atoms with van der Waals surface area (Å²) in [6, 6.07) is 18.6. The number of amides is 2. The van der Waals surface area contributed by atoms with Gasteiger partial charge in [0.15, 0.2) is 0 Å². The highest BCUT2D eigenvalue weighted by atomic mass is 19.1. The standard InChI is InChI=1S/C22H18FN3O2/c23-18-8-6-16(7-9-18)22(28)25-20-13-19(10-11-24-20)26-14-17(12-21(26)27)15-4-2-1-3-5-15/h1-11,13,17H,12,14H2,(H,24,25,28). The summed E-state index contributed by atoms with van der Waals surface area (Å²) in [7, 11) is 0. The molecule has 2 heterocycles. The second-order valence-corrected chi connectivity index (χ2v) is 6.68. The van der Waals surface area contributed by atoms with Crippen LogP contribution in [0.4, 0.5) is 15.9 Å². The maximum absolute atomic E-state index is 13.0. The van der Waals surface area contributed by atoms with Gasteiger partial charge in [-0.1, -0.05) is 30.3 Å². The summed E-state index contributed by atoms with van der Waals surface area (Å²) in [5.41, 5.74) is 2.15. The van der Waals surface area contributed by atoms with E-state index >= 15 is 0 Å². The van der Waals surface area contributed by atoms with Crippen LogP contribution in [0.15, 0.2) is 72.9 Å². The highest BCUT2D eigenvalue weighted by molar-refractivity contribution is 6.04. The SMILES string of the molecule is O=C(Nc1cc(N2CC(c3ccccc3)CC2=O)ccn1)c1ccc(F)cc1. The Morgan fingerprint density at radius 2 is 1.82 bits per heavy atom. The maximum Gasteiger partial charge on any atom is 0.256 e. The van der Waals surface area contributed by atoms with E-state index in [0.717, 1.165) is 5.56 Å². The van der Waals surface area contributed by atoms with Crippen LogP contribution in [0, 0.1) is 5.82 Å². The number of nitrogens with one attached hydrogen (secondary N) is 1. The Bertz CT molecular complexity index is 1010. The van der Waals surface area contributed by atoms with Crippen molar-refractivity contribution in [2.45, 2.75) is 12.3 Å². The van der Waals surface area contributed by atoms with Crippen LogP contribution in [0.3, 0.4) is 0 Å². The van der Waals surface area contributed by atoms with Crippen LogP contribution in [0.2, 0.25) is 0 Å². The summed E-state index contributed by atoms with van der Waals surface area (Å²) in [5.74, 6) is -0.283. The minimum atomic E-state index is -0.405. The van der Waals surface area contributed by atoms with Crippen molar-refractivity contribution in [2.75, 3.05) is 16.8 Å². The first kappa shape index (κ1) is 17.9. The molecular formula is C22H18FN3O2. The number of halogens is 1. The van der Waals surface area contributed by atoms with Gasteiger partial charge in [-0.15, -0.1) is 0 Å². The van der Waals surface area contributed by atoms with E-state index < -0.39 is 5.82 Å². The number of pyridine rings is 1. The number of nitrogens with zero attached hydrogens (tertiary/aromatic N) is 2. The molecule has 1 aromatic heterocycles. The average Bonchev–Trinajstić information content (AvgIpc) is 3.11. The lowest BCUT2D eigenvalue weighted by Gasteiger charge is -2.17. The van der Waals surface area contributed by atoms with Crippen LogP contribution in [0.25, 0.3) is 0 Å². The Morgan fingerprint density at radius 1 is 1.07 bits per heavy atom. The van der Waals surface area contributed by atoms with Crippen molar-refractivity contribution in [3.05, 3.63) is 89.9 Å². The normalized spacial score (nSPS) is 16.2. The van der Waals surface area contributed by atoms with E-state index in [9.17, 15) is 14.0 Å². The summed E-state index contributed by atoms with van der Waals surface area (Å²) in [4.78, 5) is 30.7. The van der Waals surface area contributed by atoms with Crippen LogP contribution in [-0.2, 0) is 4.79 Å². The van der Waals surface area contributed by atoms with Crippen LogP contribution < -0.4 is 10.2 Å². The lowest BCUT2D eigenvalue weighted by atomic mass is 9.99. The highest BCUT2D eigenvalue weighted by Gasteiger charge is 2.31. The molecule has 0 saturated carbocycles. The molecule has 0 bridgehead atoms. The van der Waals surface area contributed by atoms with Crippen molar-refractivity contribution >= 4 is 23.3 Å². The molecule has 2 aromatic carbocycles. The summed E-state index contributed by atoms with van der Waals surface area (Å²) in [6.07, 6.45) is 2.00. The van der Waals surface area contributed by atoms with Crippen molar-refractivity contribution in [1.82, 2.24) is 4.98 Å². The van der Waals surface area contributed by atoms with E-state index in [1.807, 2.05) is 30.3 Å². The first-order chi connectivity index (χ1) is 13.6. The minimum Gasteiger partial charge on any atom is -0.312 e. The van der Waals surface area contributed by atoms with Gasteiger partial charge in [0, 0.05) is 42.4 Å². The van der Waals surface area contributed by atoms with Gasteiger partial charge >= 0.3 is 0 Å². The third-order valence-corrected chi connectivity index (χ3v) is 4.80. The number of carbonyl (C=O) groups excluding carboxylic acids is 2. The number of aromatic nitrogens is 1. The Hall–Kier alpha value is -3.54. The fraction of sp³-hybridized carbons (Fsp3) is 0.136. The van der Waals surface area contributed by atoms with Crippen LogP contribution in [0.1, 0.15) is 28.3 Å². The van der Waals surface area contributed by atoms with Crippen LogP contribution >= 0.6 is 0 Å². The van der Waals surface area contributed by atoms with Crippen molar-refractivity contribution in [2.24, 2.45) is 0 Å². The van der Waals surface area contributed by atoms with Gasteiger partial charge in [-0.3, -0.25) is 9.59 Å². The second kappa shape index (κ2) is 7.60. The van der Waals surface area contributed by atoms with Gasteiger partial charge in [0.1, 0.15) is 11.6 Å². The number of anilines is 2. The molecule has 1 atom stereocenters. The molecule has 1 unspecified atom stereocenters. The molecule has 28 heavy (non-hydrogen) atoms. The van der Waals surface area contributed by atoms with E-state index in [2.05, 4.69) is 10.3 Å². The molecule has 6 heteroatoms. The van der Waals surface area contributed by atoms with Gasteiger partial charge in [-0.25, -0.2) is 9.37 Å². The molecule has 3 aromatic rings. The predicted molar refractivity (Wildman–Crippen MR) is 105 cm³/mol. The second-order valence-electron chi connectivity index (χ2n) is 6.68. The number of carbonyl (C=O) groups is 2. The van der Waals surface area contributed by atoms with Crippen molar-refractivity contribution < 1.29 is 14.0 Å². The molecule has 0 spiro atoms. The summed E-state index contributed by atoms with van der Waals surface area (Å²) in [5, 5.41) is 2.69. The molecule has 2 amide bonds. The van der Waals surface area contributed by atoms with Gasteiger partial charge in [0.25, 0.3) is 5.91 Å². The Kier molecular flexibility index (Phi) is 4.85. The van der Waals surface area contributed by atoms with Crippen molar-refractivity contribution in [3.8, 4) is 0 Å². The molecule has 0 radical (unpaired) electrons. The third-order valence-electron chi connectivity index (χ3n) is 4.80. The van der Waals surface area contributed by atoms with E-state index in [1.54, 1.807) is 23.2 Å². The fourth-order valence-corrected chi connectivity index (χ4v) is 3.35. The van der Waals surface area contributed by atoms with Gasteiger partial charge in [-0.05, 0) is 35.9 Å². The maximum atomic E-state index is 13.0. The predicted octanol–water partition coefficient (Wildman–Crippen LogP) is 3.99. The number of hydrogen-bond acceptors (Lipinski definition) is 3.